The third kappa shape index (κ3) is 4.87. The van der Waals surface area contributed by atoms with Crippen molar-refractivity contribution in [2.24, 2.45) is 0 Å². The number of ether oxygens (including phenoxy) is 1. The Bertz CT molecular complexity index is 1420. The molecule has 0 spiro atoms. The Labute approximate surface area is 216 Å². The van der Waals surface area contributed by atoms with Crippen molar-refractivity contribution in [3.05, 3.63) is 58.6 Å². The molecule has 3 amide bonds. The first-order valence-corrected chi connectivity index (χ1v) is 12.0. The number of aryl methyl sites for hydroxylation is 1. The van der Waals surface area contributed by atoms with Gasteiger partial charge in [-0.25, -0.2) is 0 Å². The fraction of sp³-hybridized carbons (Fsp3) is 0.333. The maximum atomic E-state index is 13.3. The van der Waals surface area contributed by atoms with Gasteiger partial charge in [0.2, 0.25) is 5.91 Å². The van der Waals surface area contributed by atoms with E-state index < -0.39 is 0 Å². The first kappa shape index (κ1) is 25.7. The zero-order valence-electron chi connectivity index (χ0n) is 21.6. The molecule has 1 aromatic carbocycles. The van der Waals surface area contributed by atoms with Crippen LogP contribution in [0.25, 0.3) is 16.7 Å². The van der Waals surface area contributed by atoms with E-state index in [2.05, 4.69) is 10.3 Å². The minimum atomic E-state index is -0.231. The van der Waals surface area contributed by atoms with Crippen LogP contribution in [0.3, 0.4) is 0 Å². The molecule has 4 rings (SSSR count). The molecule has 196 valence electrons. The maximum absolute atomic E-state index is 13.3. The Hall–Kier alpha value is -4.34. The Kier molecular flexibility index (Phi) is 7.19. The molecule has 37 heavy (non-hydrogen) atoms. The highest BCUT2D eigenvalue weighted by Gasteiger charge is 2.32. The van der Waals surface area contributed by atoms with E-state index in [0.29, 0.717) is 63.7 Å². The van der Waals surface area contributed by atoms with Crippen LogP contribution >= 0.6 is 0 Å². The number of fused-ring (bicyclic) bond motifs is 1. The third-order valence-electron chi connectivity index (χ3n) is 6.87. The Morgan fingerprint density at radius 3 is 2.76 bits per heavy atom. The molecule has 10 nitrogen and oxygen atoms in total. The summed E-state index contributed by atoms with van der Waals surface area (Å²) in [6.45, 7) is 6.13. The van der Waals surface area contributed by atoms with Crippen LogP contribution < -0.4 is 10.1 Å². The SMILES string of the molecule is CNC(=O)c1c(C)oc2cc(O/C(=C/C=N)c3[nH]cc(C(=O)N4CC[C@H](N(C)C(C)=O)C4)c3C)ccc12.[HH]. The van der Waals surface area contributed by atoms with Gasteiger partial charge in [0.25, 0.3) is 11.8 Å². The summed E-state index contributed by atoms with van der Waals surface area (Å²) < 4.78 is 11.9. The van der Waals surface area contributed by atoms with Gasteiger partial charge < -0.3 is 34.7 Å². The topological polar surface area (TPSA) is 132 Å². The first-order valence-electron chi connectivity index (χ1n) is 12.0. The highest BCUT2D eigenvalue weighted by atomic mass is 16.5. The predicted molar refractivity (Wildman–Crippen MR) is 142 cm³/mol. The van der Waals surface area contributed by atoms with Crippen molar-refractivity contribution in [3.63, 3.8) is 0 Å². The van der Waals surface area contributed by atoms with Crippen LogP contribution in [0.4, 0.5) is 0 Å². The summed E-state index contributed by atoms with van der Waals surface area (Å²) >= 11 is 0. The van der Waals surface area contributed by atoms with E-state index >= 15 is 0 Å². The minimum Gasteiger partial charge on any atom is -0.460 e. The highest BCUT2D eigenvalue weighted by molar-refractivity contribution is 6.07. The zero-order chi connectivity index (χ0) is 26.9. The fourth-order valence-electron chi connectivity index (χ4n) is 4.68. The van der Waals surface area contributed by atoms with Gasteiger partial charge in [-0.05, 0) is 38.0 Å². The number of benzene rings is 1. The van der Waals surface area contributed by atoms with Gasteiger partial charge in [-0.3, -0.25) is 14.4 Å². The van der Waals surface area contributed by atoms with E-state index in [-0.39, 0.29) is 25.2 Å². The summed E-state index contributed by atoms with van der Waals surface area (Å²) in [5, 5.41) is 10.9. The number of hydrogen-bond acceptors (Lipinski definition) is 6. The van der Waals surface area contributed by atoms with Crippen LogP contribution in [-0.4, -0.2) is 71.9 Å². The van der Waals surface area contributed by atoms with Crippen LogP contribution in [-0.2, 0) is 4.79 Å². The average molecular weight is 508 g/mol. The molecule has 0 bridgehead atoms. The number of furan rings is 1. The maximum Gasteiger partial charge on any atom is 0.255 e. The van der Waals surface area contributed by atoms with Crippen LogP contribution in [0.5, 0.6) is 5.75 Å². The van der Waals surface area contributed by atoms with E-state index in [1.165, 1.54) is 13.0 Å². The normalized spacial score (nSPS) is 15.6. The largest absolute Gasteiger partial charge is 0.460 e. The van der Waals surface area contributed by atoms with Gasteiger partial charge in [0.15, 0.2) is 5.76 Å². The standard InChI is InChI=1S/C27H31N5O5.H2/c1-15-21(27(35)32-11-9-18(14-32)31(5)17(3)33)13-30-25(15)22(8-10-28)37-19-6-7-20-23(12-19)36-16(2)24(20)26(34)29-4;/h6-8,10,12-13,18,28,30H,9,11,14H2,1-5H3,(H,29,34);1H/b22-8+,28-10?;/t18-;/m0./s1. The van der Waals surface area contributed by atoms with E-state index in [4.69, 9.17) is 14.6 Å². The van der Waals surface area contributed by atoms with Crippen molar-refractivity contribution in [2.75, 3.05) is 27.2 Å². The number of amides is 3. The van der Waals surface area contributed by atoms with E-state index in [0.717, 1.165) is 12.6 Å². The van der Waals surface area contributed by atoms with Crippen molar-refractivity contribution in [1.82, 2.24) is 20.1 Å². The van der Waals surface area contributed by atoms with Crippen molar-refractivity contribution in [1.29, 1.82) is 5.41 Å². The number of aromatic amines is 1. The molecule has 0 unspecified atom stereocenters. The van der Waals surface area contributed by atoms with E-state index in [1.54, 1.807) is 55.2 Å². The lowest BCUT2D eigenvalue weighted by Gasteiger charge is -2.23. The Morgan fingerprint density at radius 1 is 1.32 bits per heavy atom. The quantitative estimate of drug-likeness (QED) is 0.331. The lowest BCUT2D eigenvalue weighted by molar-refractivity contribution is -0.129. The molecular formula is C27H33N5O5. The first-order chi connectivity index (χ1) is 17.7. The molecule has 1 aliphatic rings. The zero-order valence-corrected chi connectivity index (χ0v) is 21.6. The van der Waals surface area contributed by atoms with Gasteiger partial charge in [-0.2, -0.15) is 0 Å². The molecule has 3 aromatic rings. The molecule has 10 heteroatoms. The third-order valence-corrected chi connectivity index (χ3v) is 6.87. The molecule has 0 aliphatic carbocycles. The number of carbonyl (C=O) groups excluding carboxylic acids is 3. The molecule has 1 fully saturated rings. The second-order valence-electron chi connectivity index (χ2n) is 9.10. The number of nitrogens with one attached hydrogen (secondary N) is 3. The average Bonchev–Trinajstić information content (AvgIpc) is 3.58. The summed E-state index contributed by atoms with van der Waals surface area (Å²) in [6.07, 6.45) is 4.98. The highest BCUT2D eigenvalue weighted by Crippen LogP contribution is 2.32. The lowest BCUT2D eigenvalue weighted by atomic mass is 10.1. The number of hydrogen-bond donors (Lipinski definition) is 3. The number of allylic oxidation sites excluding steroid dienone is 1. The van der Waals surface area contributed by atoms with E-state index in [1.807, 2.05) is 6.92 Å². The number of likely N-dealkylation sites (N-methyl/N-ethyl adjacent to an activating group) is 1. The molecule has 3 heterocycles. The Morgan fingerprint density at radius 2 is 2.08 bits per heavy atom. The van der Waals surface area contributed by atoms with Gasteiger partial charge in [0.05, 0.1) is 22.9 Å². The predicted octanol–water partition coefficient (Wildman–Crippen LogP) is 3.75. The van der Waals surface area contributed by atoms with Gasteiger partial charge in [-0.1, -0.05) is 0 Å². The molecular weight excluding hydrogens is 474 g/mol. The number of aromatic nitrogens is 1. The molecule has 0 radical (unpaired) electrons. The summed E-state index contributed by atoms with van der Waals surface area (Å²) in [5.74, 6) is 0.939. The molecule has 3 N–H and O–H groups in total. The van der Waals surface area contributed by atoms with Crippen molar-refractivity contribution >= 4 is 40.7 Å². The number of H-pyrrole nitrogens is 1. The summed E-state index contributed by atoms with van der Waals surface area (Å²) in [7, 11) is 3.32. The van der Waals surface area contributed by atoms with Gasteiger partial charge in [0.1, 0.15) is 17.1 Å². The summed E-state index contributed by atoms with van der Waals surface area (Å²) in [6, 6.07) is 5.17. The number of rotatable bonds is 7. The second kappa shape index (κ2) is 10.3. The summed E-state index contributed by atoms with van der Waals surface area (Å²) in [4.78, 5) is 43.8. The number of carbonyl (C=O) groups is 3. The molecule has 1 saturated heterocycles. The molecule has 2 aromatic heterocycles. The monoisotopic (exact) mass is 507 g/mol. The number of nitrogens with zero attached hydrogens (tertiary/aromatic N) is 2. The molecule has 1 atom stereocenters. The van der Waals surface area contributed by atoms with Gasteiger partial charge in [0, 0.05) is 65.5 Å². The van der Waals surface area contributed by atoms with Crippen LogP contribution in [0, 0.1) is 19.3 Å². The lowest BCUT2D eigenvalue weighted by Crippen LogP contribution is -2.39. The molecule has 1 aliphatic heterocycles. The minimum absolute atomic E-state index is 0. The smallest absolute Gasteiger partial charge is 0.255 e. The van der Waals surface area contributed by atoms with Crippen LogP contribution in [0.1, 0.15) is 52.5 Å². The number of likely N-dealkylation sites (tertiary alicyclic amines) is 1. The Balaban J connectivity index is 0.00000400. The van der Waals surface area contributed by atoms with Crippen molar-refractivity contribution in [2.45, 2.75) is 33.2 Å². The van der Waals surface area contributed by atoms with Gasteiger partial charge >= 0.3 is 0 Å². The van der Waals surface area contributed by atoms with Gasteiger partial charge in [-0.15, -0.1) is 0 Å². The molecule has 0 saturated carbocycles. The van der Waals surface area contributed by atoms with Crippen LogP contribution in [0.2, 0.25) is 0 Å². The summed E-state index contributed by atoms with van der Waals surface area (Å²) in [5.41, 5.74) is 2.75. The van der Waals surface area contributed by atoms with Crippen molar-refractivity contribution < 1.29 is 25.0 Å². The fourth-order valence-corrected chi connectivity index (χ4v) is 4.68. The van der Waals surface area contributed by atoms with E-state index in [9.17, 15) is 14.4 Å². The van der Waals surface area contributed by atoms with Crippen molar-refractivity contribution in [3.8, 4) is 5.75 Å². The second-order valence-corrected chi connectivity index (χ2v) is 9.10. The van der Waals surface area contributed by atoms with Crippen LogP contribution in [0.15, 0.2) is 34.9 Å².